The Bertz CT molecular complexity index is 1360. The van der Waals surface area contributed by atoms with Gasteiger partial charge in [-0.1, -0.05) is 0 Å². The Morgan fingerprint density at radius 3 is 2.36 bits per heavy atom. The molecule has 2 aliphatic rings. The van der Waals surface area contributed by atoms with E-state index in [2.05, 4.69) is 18.7 Å². The van der Waals surface area contributed by atoms with Gasteiger partial charge in [0, 0.05) is 36.8 Å². The van der Waals surface area contributed by atoms with Crippen molar-refractivity contribution in [2.24, 2.45) is 0 Å². The normalized spacial score (nSPS) is 15.6. The summed E-state index contributed by atoms with van der Waals surface area (Å²) >= 11 is 0. The lowest BCUT2D eigenvalue weighted by atomic mass is 10.0. The SMILES string of the molecule is COc1cc2c3c(n(CCCN(CCO)C(C)C)c(=O)c2cc1OC)-c1cc2c(cc1C3O)OCO2. The van der Waals surface area contributed by atoms with Gasteiger partial charge in [-0.25, -0.2) is 0 Å². The molecule has 2 aromatic carbocycles. The molecule has 36 heavy (non-hydrogen) atoms. The van der Waals surface area contributed by atoms with Crippen LogP contribution in [0.15, 0.2) is 29.1 Å². The molecule has 192 valence electrons. The van der Waals surface area contributed by atoms with Crippen LogP contribution >= 0.6 is 0 Å². The first-order valence-corrected chi connectivity index (χ1v) is 12.2. The first-order valence-electron chi connectivity index (χ1n) is 12.2. The van der Waals surface area contributed by atoms with Gasteiger partial charge >= 0.3 is 0 Å². The fourth-order valence-electron chi connectivity index (χ4n) is 5.31. The Hall–Kier alpha value is -3.27. The van der Waals surface area contributed by atoms with Gasteiger partial charge in [0.15, 0.2) is 23.0 Å². The minimum absolute atomic E-state index is 0.0812. The van der Waals surface area contributed by atoms with Crippen molar-refractivity contribution in [3.63, 3.8) is 0 Å². The van der Waals surface area contributed by atoms with E-state index in [0.717, 1.165) is 12.1 Å². The van der Waals surface area contributed by atoms with Gasteiger partial charge < -0.3 is 33.7 Å². The quantitative estimate of drug-likeness (QED) is 0.466. The second kappa shape index (κ2) is 9.65. The molecule has 9 heteroatoms. The van der Waals surface area contributed by atoms with Crippen LogP contribution in [-0.4, -0.2) is 66.4 Å². The summed E-state index contributed by atoms with van der Waals surface area (Å²) in [6.07, 6.45) is -0.252. The lowest BCUT2D eigenvalue weighted by Gasteiger charge is -2.26. The Kier molecular flexibility index (Phi) is 6.55. The Labute approximate surface area is 209 Å². The summed E-state index contributed by atoms with van der Waals surface area (Å²) < 4.78 is 23.9. The van der Waals surface area contributed by atoms with E-state index in [0.29, 0.717) is 70.1 Å². The third-order valence-electron chi connectivity index (χ3n) is 7.13. The van der Waals surface area contributed by atoms with E-state index in [9.17, 15) is 15.0 Å². The molecule has 1 unspecified atom stereocenters. The topological polar surface area (TPSA) is 103 Å². The van der Waals surface area contributed by atoms with Crippen molar-refractivity contribution in [3.8, 4) is 34.3 Å². The molecule has 0 saturated heterocycles. The number of fused-ring (bicyclic) bond motifs is 6. The molecule has 1 aliphatic carbocycles. The largest absolute Gasteiger partial charge is 0.493 e. The minimum atomic E-state index is -0.946. The number of rotatable bonds is 9. The zero-order valence-corrected chi connectivity index (χ0v) is 21.0. The van der Waals surface area contributed by atoms with Crippen LogP contribution in [0.5, 0.6) is 23.0 Å². The molecule has 1 aromatic heterocycles. The van der Waals surface area contributed by atoms with E-state index in [1.165, 1.54) is 7.11 Å². The summed E-state index contributed by atoms with van der Waals surface area (Å²) in [5.74, 6) is 2.11. The van der Waals surface area contributed by atoms with Crippen LogP contribution < -0.4 is 24.5 Å². The van der Waals surface area contributed by atoms with Crippen LogP contribution in [0.1, 0.15) is 37.5 Å². The highest BCUT2D eigenvalue weighted by molar-refractivity contribution is 5.96. The molecule has 2 N–H and O–H groups in total. The molecule has 0 fully saturated rings. The average molecular weight is 497 g/mol. The van der Waals surface area contributed by atoms with E-state index >= 15 is 0 Å². The van der Waals surface area contributed by atoms with Crippen molar-refractivity contribution in [1.29, 1.82) is 0 Å². The predicted molar refractivity (Wildman–Crippen MR) is 135 cm³/mol. The van der Waals surface area contributed by atoms with Crippen molar-refractivity contribution in [1.82, 2.24) is 9.47 Å². The fraction of sp³-hybridized carbons (Fsp3) is 0.444. The van der Waals surface area contributed by atoms with Gasteiger partial charge in [0.2, 0.25) is 6.79 Å². The number of pyridine rings is 1. The van der Waals surface area contributed by atoms with E-state index in [1.54, 1.807) is 29.9 Å². The lowest BCUT2D eigenvalue weighted by Crippen LogP contribution is -2.35. The standard InChI is InChI=1S/C27H32N2O7/c1-15(2)28(8-9-30)6-5-7-29-25-17-11-22-23(36-14-35-22)12-18(17)26(31)24(25)16-10-20(33-3)21(34-4)13-19(16)27(29)32/h10-13,15,26,30-31H,5-9,14H2,1-4H3. The molecule has 3 aromatic rings. The monoisotopic (exact) mass is 496 g/mol. The third kappa shape index (κ3) is 3.87. The molecule has 5 rings (SSSR count). The van der Waals surface area contributed by atoms with Crippen molar-refractivity contribution in [3.05, 3.63) is 45.7 Å². The molecule has 0 bridgehead atoms. The highest BCUT2D eigenvalue weighted by atomic mass is 16.7. The molecule has 0 spiro atoms. The molecule has 1 atom stereocenters. The van der Waals surface area contributed by atoms with E-state index in [-0.39, 0.29) is 25.0 Å². The Balaban J connectivity index is 1.69. The van der Waals surface area contributed by atoms with Crippen LogP contribution in [-0.2, 0) is 6.54 Å². The van der Waals surface area contributed by atoms with Gasteiger partial charge in [0.25, 0.3) is 5.56 Å². The highest BCUT2D eigenvalue weighted by Gasteiger charge is 2.35. The van der Waals surface area contributed by atoms with Crippen LogP contribution in [0.25, 0.3) is 22.0 Å². The molecule has 0 amide bonds. The first-order chi connectivity index (χ1) is 17.4. The van der Waals surface area contributed by atoms with E-state index in [1.807, 2.05) is 6.07 Å². The fourth-order valence-corrected chi connectivity index (χ4v) is 5.31. The molecule has 9 nitrogen and oxygen atoms in total. The van der Waals surface area contributed by atoms with Crippen molar-refractivity contribution in [2.45, 2.75) is 39.0 Å². The van der Waals surface area contributed by atoms with Gasteiger partial charge in [0.05, 0.1) is 31.9 Å². The number of aromatic nitrogens is 1. The maximum absolute atomic E-state index is 13.9. The van der Waals surface area contributed by atoms with Gasteiger partial charge in [0.1, 0.15) is 6.10 Å². The summed E-state index contributed by atoms with van der Waals surface area (Å²) in [6, 6.07) is 7.36. The third-order valence-corrected chi connectivity index (χ3v) is 7.13. The predicted octanol–water partition coefficient (Wildman–Crippen LogP) is 2.90. The van der Waals surface area contributed by atoms with Crippen molar-refractivity contribution < 1.29 is 29.2 Å². The minimum Gasteiger partial charge on any atom is -0.493 e. The molecule has 0 radical (unpaired) electrons. The number of aliphatic hydroxyl groups excluding tert-OH is 2. The number of nitrogens with zero attached hydrogens (tertiary/aromatic N) is 2. The second-order valence-electron chi connectivity index (χ2n) is 9.37. The Morgan fingerprint density at radius 2 is 1.72 bits per heavy atom. The number of benzene rings is 2. The number of ether oxygens (including phenoxy) is 4. The molecule has 0 saturated carbocycles. The Morgan fingerprint density at radius 1 is 1.06 bits per heavy atom. The van der Waals surface area contributed by atoms with Crippen LogP contribution in [0.2, 0.25) is 0 Å². The maximum atomic E-state index is 13.9. The summed E-state index contributed by atoms with van der Waals surface area (Å²) in [5.41, 5.74) is 2.60. The van der Waals surface area contributed by atoms with Crippen LogP contribution in [0, 0.1) is 0 Å². The highest BCUT2D eigenvalue weighted by Crippen LogP contribution is 2.51. The van der Waals surface area contributed by atoms with Gasteiger partial charge in [-0.2, -0.15) is 0 Å². The van der Waals surface area contributed by atoms with E-state index < -0.39 is 6.10 Å². The van der Waals surface area contributed by atoms with Crippen molar-refractivity contribution in [2.75, 3.05) is 40.7 Å². The lowest BCUT2D eigenvalue weighted by molar-refractivity contribution is 0.162. The second-order valence-corrected chi connectivity index (χ2v) is 9.37. The maximum Gasteiger partial charge on any atom is 0.259 e. The van der Waals surface area contributed by atoms with Crippen LogP contribution in [0.3, 0.4) is 0 Å². The van der Waals surface area contributed by atoms with Crippen LogP contribution in [0.4, 0.5) is 0 Å². The molecular weight excluding hydrogens is 464 g/mol. The average Bonchev–Trinajstić information content (AvgIpc) is 3.45. The zero-order chi connectivity index (χ0) is 25.6. The summed E-state index contributed by atoms with van der Waals surface area (Å²) in [4.78, 5) is 16.1. The number of methoxy groups -OCH3 is 2. The zero-order valence-electron chi connectivity index (χ0n) is 21.0. The number of hydrogen-bond acceptors (Lipinski definition) is 8. The number of aliphatic hydroxyl groups is 2. The van der Waals surface area contributed by atoms with Gasteiger partial charge in [-0.3, -0.25) is 9.69 Å². The number of hydrogen-bond donors (Lipinski definition) is 2. The van der Waals surface area contributed by atoms with Crippen molar-refractivity contribution >= 4 is 10.8 Å². The van der Waals surface area contributed by atoms with E-state index in [4.69, 9.17) is 18.9 Å². The summed E-state index contributed by atoms with van der Waals surface area (Å²) in [7, 11) is 3.08. The van der Waals surface area contributed by atoms with Gasteiger partial charge in [-0.15, -0.1) is 0 Å². The smallest absolute Gasteiger partial charge is 0.259 e. The molecule has 1 aliphatic heterocycles. The van der Waals surface area contributed by atoms with Gasteiger partial charge in [-0.05, 0) is 55.5 Å². The molecular formula is C27H32N2O7. The molecule has 2 heterocycles. The first kappa shape index (κ1) is 24.4. The summed E-state index contributed by atoms with van der Waals surface area (Å²) in [5, 5.41) is 22.0. The summed E-state index contributed by atoms with van der Waals surface area (Å²) in [6.45, 7) is 6.12.